The lowest BCUT2D eigenvalue weighted by Crippen LogP contribution is -2.48. The van der Waals surface area contributed by atoms with Crippen LogP contribution >= 0.6 is 31.9 Å². The minimum Gasteiger partial charge on any atom is -0.392 e. The first kappa shape index (κ1) is 114. The fourth-order valence-corrected chi connectivity index (χ4v) is 45.2. The molecule has 0 heterocycles. The highest BCUT2D eigenvalue weighted by atomic mass is 79.9. The number of aliphatic hydroxyl groups is 8. The van der Waals surface area contributed by atoms with Crippen molar-refractivity contribution in [3.63, 3.8) is 0 Å². The van der Waals surface area contributed by atoms with Gasteiger partial charge in [-0.05, 0) is 564 Å². The molecule has 0 aromatic rings. The SMILES string of the molecule is C=C(C)[C@H]1CC[C@H]2[C@@H]3CC=C4C[C@@](C)(O)CC[C@@H]4[C@H]3CC[C@]12C.C=C(C)[C@H]1CC[C@H]2[C@@H]3CC=C4C[C@](O)(COC)CC[C@@H]4[C@H]3CC[C@]12C.C=C(CBr)[C@H]1CC[C@H]2[C@@H]3CC=C4C[C@@](C)(O)CC[C@@H]4[C@H]3CC[C@]12C.C=C(CBr)[C@H]1CC[C@H]2[C@@H]3CC=C4C[C@](O)(COC)CC[C@@H]4[C@H]3CC[C@]12C.C=C(CO)[C@H]1CC[C@H]2[C@@H]3CC=C4C[C@@](C)(O)CC[C@@H]4[C@H]3CC[C@]12C.C=C(CO)[C@H]1CC[C@H]2[C@@H]3CC=C4C[C@](O)(COC)CC[C@@H]4[C@H]3CC[C@]12C. The number of aliphatic hydroxyl groups excluding tert-OH is 2. The van der Waals surface area contributed by atoms with E-state index in [-0.39, 0.29) is 13.2 Å². The number of methoxy groups -OCH3 is 3. The highest BCUT2D eigenvalue weighted by molar-refractivity contribution is 9.09. The number of rotatable bonds is 16. The number of fused-ring (bicyclic) bond motifs is 30. The van der Waals surface area contributed by atoms with E-state index in [4.69, 9.17) is 14.2 Å². The van der Waals surface area contributed by atoms with E-state index in [1.165, 1.54) is 240 Å². The molecule has 148 heavy (non-hydrogen) atoms. The molecule has 0 amide bonds. The van der Waals surface area contributed by atoms with Gasteiger partial charge in [0.25, 0.3) is 0 Å². The van der Waals surface area contributed by atoms with Crippen molar-refractivity contribution >= 4 is 31.9 Å². The number of alkyl halides is 2. The molecule has 0 unspecified atom stereocenters. The fraction of sp³-hybridized carbons (Fsp3) is 0.822. The zero-order valence-electron chi connectivity index (χ0n) is 95.5. The maximum absolute atomic E-state index is 10.8. The molecule has 18 fully saturated rings. The maximum Gasteiger partial charge on any atom is 0.0917 e. The lowest BCUT2D eigenvalue weighted by molar-refractivity contribution is -0.0677. The van der Waals surface area contributed by atoms with Gasteiger partial charge in [-0.1, -0.05) is 205 Å². The first-order valence-corrected chi connectivity index (χ1v) is 63.8. The molecule has 0 bridgehead atoms. The minimum atomic E-state index is -0.648. The van der Waals surface area contributed by atoms with E-state index in [1.807, 2.05) is 20.8 Å². The van der Waals surface area contributed by atoms with Gasteiger partial charge >= 0.3 is 0 Å². The highest BCUT2D eigenvalue weighted by Gasteiger charge is 2.65. The average molecular weight is 2170 g/mol. The van der Waals surface area contributed by atoms with Gasteiger partial charge in [-0.25, -0.2) is 0 Å². The van der Waals surface area contributed by atoms with E-state index >= 15 is 0 Å². The Morgan fingerprint density at radius 2 is 0.446 bits per heavy atom. The van der Waals surface area contributed by atoms with Gasteiger partial charge in [-0.2, -0.15) is 0 Å². The van der Waals surface area contributed by atoms with Gasteiger partial charge in [-0.15, -0.1) is 0 Å². The van der Waals surface area contributed by atoms with E-state index in [0.717, 1.165) is 266 Å². The molecule has 0 aromatic heterocycles. The van der Waals surface area contributed by atoms with Crippen LogP contribution in [0.5, 0.6) is 0 Å². The van der Waals surface area contributed by atoms with Crippen LogP contribution in [0, 0.1) is 210 Å². The van der Waals surface area contributed by atoms with Crippen LogP contribution in [0.3, 0.4) is 0 Å². The molecule has 18 saturated carbocycles. The lowest BCUT2D eigenvalue weighted by Gasteiger charge is -2.54. The molecule has 8 N–H and O–H groups in total. The Labute approximate surface area is 916 Å². The number of hydrogen-bond donors (Lipinski definition) is 8. The number of allylic oxidation sites excluding steroid dienone is 10. The molecule has 24 aliphatic carbocycles. The molecule has 42 atom stereocenters. The van der Waals surface area contributed by atoms with Crippen LogP contribution in [0.1, 0.15) is 384 Å². The molecule has 24 rings (SSSR count). The monoisotopic (exact) mass is 2160 g/mol. The van der Waals surface area contributed by atoms with Crippen molar-refractivity contribution in [2.24, 2.45) is 210 Å². The van der Waals surface area contributed by atoms with Gasteiger partial charge in [0, 0.05) is 32.0 Å². The third-order valence-corrected chi connectivity index (χ3v) is 52.5. The summed E-state index contributed by atoms with van der Waals surface area (Å²) in [5.74, 6) is 23.6. The van der Waals surface area contributed by atoms with Crippen LogP contribution in [0.2, 0.25) is 0 Å². The largest absolute Gasteiger partial charge is 0.392 e. The summed E-state index contributed by atoms with van der Waals surface area (Å²) in [4.78, 5) is 0. The Hall–Kier alpha value is -2.60. The average Bonchev–Trinajstić information content (AvgIpc) is 1.56. The van der Waals surface area contributed by atoms with Gasteiger partial charge in [-0.3, -0.25) is 0 Å². The molecule has 0 radical (unpaired) electrons. The molecule has 13 heteroatoms. The van der Waals surface area contributed by atoms with Crippen molar-refractivity contribution in [3.8, 4) is 0 Å². The summed E-state index contributed by atoms with van der Waals surface area (Å²) >= 11 is 7.32. The normalized spacial score (nSPS) is 49.5. The summed E-state index contributed by atoms with van der Waals surface area (Å²) in [6.07, 6.45) is 72.7. The van der Waals surface area contributed by atoms with E-state index in [0.29, 0.717) is 81.9 Å². The predicted octanol–water partition coefficient (Wildman–Crippen LogP) is 30.6. The molecule has 11 nitrogen and oxygen atoms in total. The summed E-state index contributed by atoms with van der Waals surface area (Å²) in [7, 11) is 5.10. The van der Waals surface area contributed by atoms with Gasteiger partial charge in [0.15, 0.2) is 0 Å². The number of ether oxygens (including phenoxy) is 3. The molecule has 0 aliphatic heterocycles. The molecular formula is C135H208Br2O11. The molecule has 828 valence electrons. The van der Waals surface area contributed by atoms with E-state index in [9.17, 15) is 40.9 Å². The second-order valence-electron chi connectivity index (χ2n) is 59.0. The van der Waals surface area contributed by atoms with E-state index in [2.05, 4.69) is 163 Å². The summed E-state index contributed by atoms with van der Waals surface area (Å²) in [5, 5.41) is 85.0. The smallest absolute Gasteiger partial charge is 0.0917 e. The van der Waals surface area contributed by atoms with Crippen LogP contribution < -0.4 is 0 Å². The first-order chi connectivity index (χ1) is 70.2. The van der Waals surface area contributed by atoms with Gasteiger partial charge in [0.1, 0.15) is 0 Å². The van der Waals surface area contributed by atoms with Crippen molar-refractivity contribution in [1.29, 1.82) is 0 Å². The highest BCUT2D eigenvalue weighted by Crippen LogP contribution is 2.73. The number of halogens is 2. The Morgan fingerprint density at radius 3 is 0.642 bits per heavy atom. The quantitative estimate of drug-likeness (QED) is 0.0542. The van der Waals surface area contributed by atoms with Crippen molar-refractivity contribution < 1.29 is 55.1 Å². The zero-order chi connectivity index (χ0) is 106. The van der Waals surface area contributed by atoms with Crippen LogP contribution in [0.4, 0.5) is 0 Å². The molecule has 24 aliphatic rings. The number of hydrogen-bond acceptors (Lipinski definition) is 11. The Morgan fingerprint density at radius 1 is 0.257 bits per heavy atom. The first-order valence-electron chi connectivity index (χ1n) is 61.5. The Balaban J connectivity index is 0.000000112. The van der Waals surface area contributed by atoms with Crippen LogP contribution in [-0.4, -0.2) is 139 Å². The van der Waals surface area contributed by atoms with Crippen molar-refractivity contribution in [2.45, 2.75) is 418 Å². The van der Waals surface area contributed by atoms with Crippen molar-refractivity contribution in [1.82, 2.24) is 0 Å². The van der Waals surface area contributed by atoms with Crippen LogP contribution in [0.15, 0.2) is 143 Å². The molecule has 0 spiro atoms. The minimum absolute atomic E-state index is 0.145. The van der Waals surface area contributed by atoms with E-state index in [1.54, 1.807) is 49.2 Å². The zero-order valence-corrected chi connectivity index (χ0v) is 98.6. The molecular weight excluding hydrogens is 1960 g/mol. The maximum atomic E-state index is 10.8. The second kappa shape index (κ2) is 44.1. The molecule has 0 saturated heterocycles. The third-order valence-electron chi connectivity index (χ3n) is 51.1. The fourth-order valence-electron chi connectivity index (χ4n) is 44.4. The second-order valence-corrected chi connectivity index (χ2v) is 60.2. The topological polar surface area (TPSA) is 190 Å². The summed E-state index contributed by atoms with van der Waals surface area (Å²) in [6, 6.07) is 0. The van der Waals surface area contributed by atoms with Crippen molar-refractivity contribution in [2.75, 3.05) is 65.0 Å². The lowest BCUT2D eigenvalue weighted by atomic mass is 9.51. The van der Waals surface area contributed by atoms with Gasteiger partial charge in [0.05, 0.1) is 66.6 Å². The Kier molecular flexibility index (Phi) is 33.9. The summed E-state index contributed by atoms with van der Waals surface area (Å²) in [5.41, 5.74) is 16.5. The van der Waals surface area contributed by atoms with E-state index < -0.39 is 33.6 Å². The van der Waals surface area contributed by atoms with Crippen LogP contribution in [-0.2, 0) is 14.2 Å². The Bertz CT molecular complexity index is 4810. The van der Waals surface area contributed by atoms with Crippen molar-refractivity contribution in [3.05, 3.63) is 143 Å². The van der Waals surface area contributed by atoms with Gasteiger partial charge in [0.2, 0.25) is 0 Å². The third kappa shape index (κ3) is 21.1. The molecule has 0 aromatic carbocycles. The summed E-state index contributed by atoms with van der Waals surface area (Å²) in [6.45, 7) is 53.3. The predicted molar refractivity (Wildman–Crippen MR) is 614 cm³/mol. The summed E-state index contributed by atoms with van der Waals surface area (Å²) < 4.78 is 15.9. The van der Waals surface area contributed by atoms with Crippen LogP contribution in [0.25, 0.3) is 0 Å². The van der Waals surface area contributed by atoms with Gasteiger partial charge < -0.3 is 55.1 Å². The standard InChI is InChI=1S/C23H35BrO2.C23H36O3.C23H36O2.C22H33BrO.C22H34O2.C22H34O/c2*1-15(13-24)20-6-7-21-19-5-4-16-12-23(25,14-26-3)11-9-17(16)18(19)8-10-22(20,21)2;1-15(2)20-7-8-21-19-6-5-16-13-23(24,14-25-4)12-10-17(16)18(19)9-11-22(20,21)3;2*1-14(13-23)19-6-7-20-18-5-4-15-12-21(2,24)10-8-16(15)17(18)9-11-22(19,20)3;1-14(2)19-7-8-20-18-6-5-15-13-21(3,23)11-9-16(15)17(18)10-12-22(19,20)4/h4,17-21,25H,1,5-14H2,2-3H3;4,17-21,24-25H,1,5-14H2,2-3H3;5,17-21,24H,1,6-14H2,2-4H3;4,16-20,24H,1,5-13H2,2-3H3;4,16-20,23-24H,1,5-13H2,2-3H3;5,16-20,23H,1,6-13H2,2-4H3/t3*17-,18+,19+,20+,21-,22+,23-;3*16-,17+,18+,19+,20-,21-,22+/m000000/s1.